The van der Waals surface area contributed by atoms with Gasteiger partial charge in [-0.25, -0.2) is 9.67 Å². The van der Waals surface area contributed by atoms with Crippen LogP contribution in [0.15, 0.2) is 10.5 Å². The fourth-order valence-corrected chi connectivity index (χ4v) is 4.44. The molecule has 1 N–H and O–H groups in total. The van der Waals surface area contributed by atoms with Crippen LogP contribution in [0.3, 0.4) is 0 Å². The maximum Gasteiger partial charge on any atom is 0.410 e. The third-order valence-electron chi connectivity index (χ3n) is 5.98. The van der Waals surface area contributed by atoms with Crippen LogP contribution in [0, 0.1) is 13.8 Å². The molecule has 0 radical (unpaired) electrons. The van der Waals surface area contributed by atoms with Gasteiger partial charge in [-0.2, -0.15) is 18.3 Å². The molecule has 0 saturated carbocycles. The number of piperidine rings is 1. The number of anilines is 1. The second-order valence-electron chi connectivity index (χ2n) is 8.10. The molecule has 2 aliphatic heterocycles. The van der Waals surface area contributed by atoms with Gasteiger partial charge in [-0.1, -0.05) is 6.92 Å². The van der Waals surface area contributed by atoms with Crippen LogP contribution in [0.25, 0.3) is 0 Å². The lowest BCUT2D eigenvalue weighted by Gasteiger charge is -2.34. The van der Waals surface area contributed by atoms with Gasteiger partial charge in [-0.3, -0.25) is 4.79 Å². The molecule has 4 heterocycles. The van der Waals surface area contributed by atoms with Crippen molar-refractivity contribution in [3.63, 3.8) is 0 Å². The van der Waals surface area contributed by atoms with Crippen molar-refractivity contribution < 1.29 is 22.4 Å². The number of halogens is 3. The molecule has 4 rings (SSSR count). The van der Waals surface area contributed by atoms with E-state index < -0.39 is 18.3 Å². The SMILES string of the molecule is CCC1CC(C(F)(F)F)n2nc(C3CCCCN3C(=O)c3oc(C)nc3C)cc2N1. The van der Waals surface area contributed by atoms with Gasteiger partial charge in [0.2, 0.25) is 5.76 Å². The summed E-state index contributed by atoms with van der Waals surface area (Å²) in [7, 11) is 0. The predicted molar refractivity (Wildman–Crippen MR) is 103 cm³/mol. The fraction of sp³-hybridized carbons (Fsp3) is 0.650. The maximum atomic E-state index is 13.7. The van der Waals surface area contributed by atoms with Crippen molar-refractivity contribution in [1.29, 1.82) is 0 Å². The largest absolute Gasteiger partial charge is 0.436 e. The third-order valence-corrected chi connectivity index (χ3v) is 5.98. The summed E-state index contributed by atoms with van der Waals surface area (Å²) in [6, 6.07) is -0.670. The van der Waals surface area contributed by atoms with Gasteiger partial charge >= 0.3 is 6.18 Å². The van der Waals surface area contributed by atoms with Gasteiger partial charge in [0.1, 0.15) is 5.82 Å². The van der Waals surface area contributed by atoms with Crippen LogP contribution in [-0.2, 0) is 0 Å². The van der Waals surface area contributed by atoms with Crippen LogP contribution >= 0.6 is 0 Å². The van der Waals surface area contributed by atoms with Crippen molar-refractivity contribution in [3.05, 3.63) is 29.1 Å². The van der Waals surface area contributed by atoms with Crippen molar-refractivity contribution in [2.75, 3.05) is 11.9 Å². The number of nitrogens with one attached hydrogen (secondary N) is 1. The molecule has 7 nitrogen and oxygen atoms in total. The first kappa shape index (κ1) is 20.7. The molecule has 1 fully saturated rings. The Bertz CT molecular complexity index is 936. The number of carbonyl (C=O) groups excluding carboxylic acids is 1. The Morgan fingerprint density at radius 3 is 2.73 bits per heavy atom. The van der Waals surface area contributed by atoms with Gasteiger partial charge in [0.25, 0.3) is 5.91 Å². The van der Waals surface area contributed by atoms with E-state index in [1.165, 1.54) is 0 Å². The number of alkyl halides is 3. The minimum absolute atomic E-state index is 0.0576. The molecule has 2 aromatic rings. The van der Waals surface area contributed by atoms with Crippen LogP contribution in [0.4, 0.5) is 19.0 Å². The number of hydrogen-bond donors (Lipinski definition) is 1. The summed E-state index contributed by atoms with van der Waals surface area (Å²) in [6.07, 6.45) is -1.52. The van der Waals surface area contributed by atoms with Crippen LogP contribution in [0.5, 0.6) is 0 Å². The monoisotopic (exact) mass is 425 g/mol. The highest BCUT2D eigenvalue weighted by molar-refractivity contribution is 5.92. The molecule has 0 spiro atoms. The van der Waals surface area contributed by atoms with E-state index in [2.05, 4.69) is 15.4 Å². The smallest absolute Gasteiger partial charge is 0.410 e. The Hall–Kier alpha value is -2.52. The number of aromatic nitrogens is 3. The molecule has 2 aliphatic rings. The molecule has 1 amide bonds. The van der Waals surface area contributed by atoms with Crippen molar-refractivity contribution in [3.8, 4) is 0 Å². The van der Waals surface area contributed by atoms with E-state index >= 15 is 0 Å². The fourth-order valence-electron chi connectivity index (χ4n) is 4.44. The Kier molecular flexibility index (Phi) is 5.27. The molecular formula is C20H26F3N5O2. The zero-order valence-corrected chi connectivity index (χ0v) is 17.3. The number of amides is 1. The van der Waals surface area contributed by atoms with Crippen molar-refractivity contribution in [2.24, 2.45) is 0 Å². The van der Waals surface area contributed by atoms with E-state index in [-0.39, 0.29) is 24.1 Å². The number of likely N-dealkylation sites (tertiary alicyclic amines) is 1. The van der Waals surface area contributed by atoms with Crippen molar-refractivity contribution in [1.82, 2.24) is 19.7 Å². The van der Waals surface area contributed by atoms with Gasteiger partial charge in [0, 0.05) is 25.6 Å². The first-order chi connectivity index (χ1) is 14.2. The Morgan fingerprint density at radius 2 is 2.10 bits per heavy atom. The standard InChI is InChI=1S/C20H26F3N5O2/c1-4-13-9-16(20(21,22)23)28-17(25-13)10-14(26-28)15-7-5-6-8-27(15)19(29)18-11(2)24-12(3)30-18/h10,13,15-16,25H,4-9H2,1-3H3. The number of fused-ring (bicyclic) bond motifs is 1. The number of carbonyl (C=O) groups is 1. The van der Waals surface area contributed by atoms with E-state index in [0.717, 1.165) is 17.5 Å². The average molecular weight is 425 g/mol. The Balaban J connectivity index is 1.68. The molecule has 10 heteroatoms. The van der Waals surface area contributed by atoms with Crippen LogP contribution < -0.4 is 5.32 Å². The zero-order chi connectivity index (χ0) is 21.6. The summed E-state index contributed by atoms with van der Waals surface area (Å²) in [4.78, 5) is 19.0. The number of nitrogens with zero attached hydrogens (tertiary/aromatic N) is 4. The maximum absolute atomic E-state index is 13.7. The molecule has 0 bridgehead atoms. The van der Waals surface area contributed by atoms with E-state index in [1.54, 1.807) is 24.8 Å². The van der Waals surface area contributed by atoms with Crippen molar-refractivity contribution >= 4 is 11.7 Å². The summed E-state index contributed by atoms with van der Waals surface area (Å²) in [5.74, 6) is 0.649. The van der Waals surface area contributed by atoms with Gasteiger partial charge in [0.15, 0.2) is 11.9 Å². The van der Waals surface area contributed by atoms with Crippen LogP contribution in [0.2, 0.25) is 0 Å². The lowest BCUT2D eigenvalue weighted by Crippen LogP contribution is -2.40. The van der Waals surface area contributed by atoms with E-state index in [4.69, 9.17) is 4.42 Å². The van der Waals surface area contributed by atoms with E-state index in [0.29, 0.717) is 42.5 Å². The van der Waals surface area contributed by atoms with Crippen molar-refractivity contribution in [2.45, 2.75) is 77.2 Å². The Morgan fingerprint density at radius 1 is 1.33 bits per heavy atom. The molecule has 3 atom stereocenters. The molecule has 0 aromatic carbocycles. The highest BCUT2D eigenvalue weighted by Crippen LogP contribution is 2.42. The normalized spacial score (nSPS) is 24.5. The molecule has 0 aliphatic carbocycles. The average Bonchev–Trinajstić information content (AvgIpc) is 3.28. The minimum atomic E-state index is -4.38. The summed E-state index contributed by atoms with van der Waals surface area (Å²) in [5, 5.41) is 7.50. The molecule has 164 valence electrons. The molecule has 1 saturated heterocycles. The van der Waals surface area contributed by atoms with Gasteiger partial charge in [-0.15, -0.1) is 0 Å². The number of aryl methyl sites for hydroxylation is 2. The molecule has 3 unspecified atom stereocenters. The summed E-state index contributed by atoms with van der Waals surface area (Å²) >= 11 is 0. The van der Waals surface area contributed by atoms with E-state index in [9.17, 15) is 18.0 Å². The second-order valence-corrected chi connectivity index (χ2v) is 8.10. The number of oxazole rings is 1. The summed E-state index contributed by atoms with van der Waals surface area (Å²) in [6.45, 7) is 5.74. The van der Waals surface area contributed by atoms with Gasteiger partial charge < -0.3 is 14.6 Å². The first-order valence-corrected chi connectivity index (χ1v) is 10.4. The lowest BCUT2D eigenvalue weighted by molar-refractivity contribution is -0.173. The van der Waals surface area contributed by atoms with Crippen LogP contribution in [-0.4, -0.2) is 44.3 Å². The first-order valence-electron chi connectivity index (χ1n) is 10.4. The van der Waals surface area contributed by atoms with Gasteiger partial charge in [-0.05, 0) is 39.0 Å². The number of hydrogen-bond acceptors (Lipinski definition) is 5. The highest BCUT2D eigenvalue weighted by Gasteiger charge is 2.46. The van der Waals surface area contributed by atoms with E-state index in [1.807, 2.05) is 6.92 Å². The molecular weight excluding hydrogens is 399 g/mol. The lowest BCUT2D eigenvalue weighted by atomic mass is 9.98. The van der Waals surface area contributed by atoms with Gasteiger partial charge in [0.05, 0.1) is 17.4 Å². The molecule has 30 heavy (non-hydrogen) atoms. The predicted octanol–water partition coefficient (Wildman–Crippen LogP) is 4.55. The summed E-state index contributed by atoms with van der Waals surface area (Å²) < 4.78 is 47.6. The zero-order valence-electron chi connectivity index (χ0n) is 17.3. The molecule has 2 aromatic heterocycles. The van der Waals surface area contributed by atoms with Crippen LogP contribution in [0.1, 0.15) is 78.9 Å². The highest BCUT2D eigenvalue weighted by atomic mass is 19.4. The third kappa shape index (κ3) is 3.67. The Labute approximate surface area is 172 Å². The quantitative estimate of drug-likeness (QED) is 0.781. The second kappa shape index (κ2) is 7.63. The minimum Gasteiger partial charge on any atom is -0.436 e. The number of rotatable bonds is 3. The summed E-state index contributed by atoms with van der Waals surface area (Å²) in [5.41, 5.74) is 0.987. The topological polar surface area (TPSA) is 76.2 Å².